The van der Waals surface area contributed by atoms with E-state index in [1.54, 1.807) is 4.90 Å². The predicted molar refractivity (Wildman–Crippen MR) is 79.7 cm³/mol. The van der Waals surface area contributed by atoms with E-state index >= 15 is 0 Å². The molecule has 1 aromatic rings. The maximum atomic E-state index is 12.2. The van der Waals surface area contributed by atoms with Crippen LogP contribution in [0.3, 0.4) is 0 Å². The van der Waals surface area contributed by atoms with Crippen LogP contribution in [0.4, 0.5) is 0 Å². The van der Waals surface area contributed by atoms with E-state index in [-0.39, 0.29) is 18.0 Å². The quantitative estimate of drug-likeness (QED) is 0.830. The Hall–Kier alpha value is -1.86. The molecule has 1 rings (SSSR count). The highest BCUT2D eigenvalue weighted by molar-refractivity contribution is 5.76. The zero-order chi connectivity index (χ0) is 15.0. The number of carbonyl (C=O) groups excluding carboxylic acids is 1. The van der Waals surface area contributed by atoms with Gasteiger partial charge >= 0.3 is 0 Å². The van der Waals surface area contributed by atoms with Gasteiger partial charge in [-0.1, -0.05) is 30.3 Å². The van der Waals surface area contributed by atoms with Crippen LogP contribution < -0.4 is 5.73 Å². The van der Waals surface area contributed by atoms with Crippen molar-refractivity contribution < 1.29 is 4.79 Å². The molecule has 0 bridgehead atoms. The highest BCUT2D eigenvalue weighted by Gasteiger charge is 2.17. The van der Waals surface area contributed by atoms with Gasteiger partial charge in [0.15, 0.2) is 0 Å². The summed E-state index contributed by atoms with van der Waals surface area (Å²) in [6.45, 7) is 4.42. The Morgan fingerprint density at radius 1 is 1.35 bits per heavy atom. The summed E-state index contributed by atoms with van der Waals surface area (Å²) in [6, 6.07) is 11.9. The Morgan fingerprint density at radius 2 is 2.00 bits per heavy atom. The average Bonchev–Trinajstić information content (AvgIpc) is 2.45. The van der Waals surface area contributed by atoms with Gasteiger partial charge < -0.3 is 10.6 Å². The van der Waals surface area contributed by atoms with Crippen molar-refractivity contribution in [2.24, 2.45) is 5.73 Å². The van der Waals surface area contributed by atoms with Crippen LogP contribution in [0.5, 0.6) is 0 Å². The lowest BCUT2D eigenvalue weighted by atomic mass is 10.0. The van der Waals surface area contributed by atoms with Crippen LogP contribution in [0.15, 0.2) is 30.3 Å². The van der Waals surface area contributed by atoms with Gasteiger partial charge in [-0.2, -0.15) is 5.26 Å². The Labute approximate surface area is 121 Å². The maximum absolute atomic E-state index is 12.2. The molecule has 1 amide bonds. The molecule has 4 heteroatoms. The summed E-state index contributed by atoms with van der Waals surface area (Å²) >= 11 is 0. The van der Waals surface area contributed by atoms with E-state index in [2.05, 4.69) is 6.07 Å². The zero-order valence-corrected chi connectivity index (χ0v) is 12.2. The Bertz CT molecular complexity index is 451. The number of hydrogen-bond donors (Lipinski definition) is 1. The van der Waals surface area contributed by atoms with Crippen LogP contribution in [-0.2, 0) is 4.79 Å². The highest BCUT2D eigenvalue weighted by atomic mass is 16.2. The molecule has 0 aliphatic heterocycles. The van der Waals surface area contributed by atoms with Crippen LogP contribution in [0.25, 0.3) is 0 Å². The SMILES string of the molecule is CC(C)N(CCC#N)C(=O)CCC(N)c1ccccc1. The third-order valence-corrected chi connectivity index (χ3v) is 3.31. The third-order valence-electron chi connectivity index (χ3n) is 3.31. The van der Waals surface area contributed by atoms with Gasteiger partial charge in [0.25, 0.3) is 0 Å². The van der Waals surface area contributed by atoms with Gasteiger partial charge in [0.2, 0.25) is 5.91 Å². The van der Waals surface area contributed by atoms with Gasteiger partial charge in [-0.15, -0.1) is 0 Å². The summed E-state index contributed by atoms with van der Waals surface area (Å²) in [5.74, 6) is 0.0710. The molecular formula is C16H23N3O. The van der Waals surface area contributed by atoms with Gasteiger partial charge in [-0.05, 0) is 25.8 Å². The van der Waals surface area contributed by atoms with Crippen molar-refractivity contribution in [2.75, 3.05) is 6.54 Å². The van der Waals surface area contributed by atoms with Crippen LogP contribution >= 0.6 is 0 Å². The number of hydrogen-bond acceptors (Lipinski definition) is 3. The molecule has 0 saturated heterocycles. The van der Waals surface area contributed by atoms with Crippen molar-refractivity contribution in [1.29, 1.82) is 5.26 Å². The molecule has 0 aliphatic carbocycles. The minimum absolute atomic E-state index is 0.0710. The van der Waals surface area contributed by atoms with E-state index < -0.39 is 0 Å². The lowest BCUT2D eigenvalue weighted by Gasteiger charge is -2.26. The van der Waals surface area contributed by atoms with Gasteiger partial charge in [0.05, 0.1) is 12.5 Å². The van der Waals surface area contributed by atoms with Crippen molar-refractivity contribution in [3.63, 3.8) is 0 Å². The van der Waals surface area contributed by atoms with E-state index in [1.165, 1.54) is 0 Å². The predicted octanol–water partition coefficient (Wildman–Crippen LogP) is 2.62. The van der Waals surface area contributed by atoms with E-state index in [0.717, 1.165) is 5.56 Å². The summed E-state index contributed by atoms with van der Waals surface area (Å²) in [4.78, 5) is 13.9. The van der Waals surface area contributed by atoms with E-state index in [0.29, 0.717) is 25.8 Å². The monoisotopic (exact) mass is 273 g/mol. The first-order valence-electron chi connectivity index (χ1n) is 7.03. The van der Waals surface area contributed by atoms with Crippen molar-refractivity contribution in [1.82, 2.24) is 4.90 Å². The first kappa shape index (κ1) is 16.2. The summed E-state index contributed by atoms with van der Waals surface area (Å²) in [6.07, 6.45) is 1.41. The molecule has 0 aromatic heterocycles. The lowest BCUT2D eigenvalue weighted by Crippen LogP contribution is -2.37. The number of amides is 1. The standard InChI is InChI=1S/C16H23N3O/c1-13(2)19(12-6-11-17)16(20)10-9-15(18)14-7-4-3-5-8-14/h3-5,7-8,13,15H,6,9-10,12,18H2,1-2H3. The molecule has 2 N–H and O–H groups in total. The molecule has 20 heavy (non-hydrogen) atoms. The van der Waals surface area contributed by atoms with Gasteiger partial charge in [0.1, 0.15) is 0 Å². The maximum Gasteiger partial charge on any atom is 0.222 e. The lowest BCUT2D eigenvalue weighted by molar-refractivity contribution is -0.133. The molecule has 1 atom stereocenters. The van der Waals surface area contributed by atoms with E-state index in [4.69, 9.17) is 11.0 Å². The molecule has 108 valence electrons. The molecule has 0 heterocycles. The number of nitrogens with two attached hydrogens (primary N) is 1. The molecular weight excluding hydrogens is 250 g/mol. The summed E-state index contributed by atoms with van der Waals surface area (Å²) in [5.41, 5.74) is 7.15. The fraction of sp³-hybridized carbons (Fsp3) is 0.500. The van der Waals surface area contributed by atoms with Crippen molar-refractivity contribution >= 4 is 5.91 Å². The second-order valence-electron chi connectivity index (χ2n) is 5.14. The molecule has 0 fully saturated rings. The zero-order valence-electron chi connectivity index (χ0n) is 12.2. The van der Waals surface area contributed by atoms with E-state index in [1.807, 2.05) is 44.2 Å². The molecule has 1 unspecified atom stereocenters. The fourth-order valence-corrected chi connectivity index (χ4v) is 2.13. The molecule has 0 radical (unpaired) electrons. The number of benzene rings is 1. The molecule has 0 saturated carbocycles. The third kappa shape index (κ3) is 5.02. The van der Waals surface area contributed by atoms with Gasteiger partial charge in [-0.25, -0.2) is 0 Å². The summed E-state index contributed by atoms with van der Waals surface area (Å²) in [5, 5.41) is 8.64. The van der Waals surface area contributed by atoms with Crippen LogP contribution in [-0.4, -0.2) is 23.4 Å². The molecule has 0 spiro atoms. The minimum Gasteiger partial charge on any atom is -0.339 e. The van der Waals surface area contributed by atoms with Crippen LogP contribution in [0.2, 0.25) is 0 Å². The molecule has 0 aliphatic rings. The van der Waals surface area contributed by atoms with Crippen molar-refractivity contribution in [3.05, 3.63) is 35.9 Å². The Kier molecular flexibility index (Phi) is 6.75. The highest BCUT2D eigenvalue weighted by Crippen LogP contribution is 2.16. The second-order valence-corrected chi connectivity index (χ2v) is 5.14. The molecule has 1 aromatic carbocycles. The van der Waals surface area contributed by atoms with Crippen molar-refractivity contribution in [2.45, 2.75) is 45.2 Å². The topological polar surface area (TPSA) is 70.1 Å². The van der Waals surface area contributed by atoms with Crippen LogP contribution in [0.1, 0.15) is 44.7 Å². The fourth-order valence-electron chi connectivity index (χ4n) is 2.13. The van der Waals surface area contributed by atoms with Crippen molar-refractivity contribution in [3.8, 4) is 6.07 Å². The van der Waals surface area contributed by atoms with Crippen LogP contribution in [0, 0.1) is 11.3 Å². The smallest absolute Gasteiger partial charge is 0.222 e. The second kappa shape index (κ2) is 8.34. The number of nitriles is 1. The Balaban J connectivity index is 2.51. The van der Waals surface area contributed by atoms with Gasteiger partial charge in [-0.3, -0.25) is 4.79 Å². The summed E-state index contributed by atoms with van der Waals surface area (Å²) < 4.78 is 0. The van der Waals surface area contributed by atoms with Gasteiger partial charge in [0, 0.05) is 25.0 Å². The number of rotatable bonds is 7. The first-order chi connectivity index (χ1) is 9.56. The minimum atomic E-state index is -0.120. The number of nitrogens with zero attached hydrogens (tertiary/aromatic N) is 2. The largest absolute Gasteiger partial charge is 0.339 e. The normalized spacial score (nSPS) is 11.9. The Morgan fingerprint density at radius 3 is 2.55 bits per heavy atom. The van der Waals surface area contributed by atoms with E-state index in [9.17, 15) is 4.79 Å². The average molecular weight is 273 g/mol. The number of carbonyl (C=O) groups is 1. The first-order valence-corrected chi connectivity index (χ1v) is 7.03. The molecule has 4 nitrogen and oxygen atoms in total. The summed E-state index contributed by atoms with van der Waals surface area (Å²) in [7, 11) is 0.